The Labute approximate surface area is 111 Å². The number of hydrogen-bond acceptors (Lipinski definition) is 4. The van der Waals surface area contributed by atoms with Crippen LogP contribution in [0.4, 0.5) is 8.78 Å². The van der Waals surface area contributed by atoms with Gasteiger partial charge >= 0.3 is 5.97 Å². The predicted molar refractivity (Wildman–Crippen MR) is 63.7 cm³/mol. The molecular weight excluding hydrogens is 280 g/mol. The average Bonchev–Trinajstić information content (AvgIpc) is 2.34. The van der Waals surface area contributed by atoms with E-state index in [-0.39, 0.29) is 10.6 Å². The number of amides is 1. The standard InChI is InChI=1S/C11H11F2NO4S/c12-6-1-2-9(7(13)3-6)19-5-10(16)14-4-8(15)11(17)18/h1-3,8,15H,4-5H2,(H,14,16)(H,17,18). The van der Waals surface area contributed by atoms with Gasteiger partial charge in [0.05, 0.1) is 12.3 Å². The predicted octanol–water partition coefficient (Wildman–Crippen LogP) is 0.619. The van der Waals surface area contributed by atoms with E-state index >= 15 is 0 Å². The minimum Gasteiger partial charge on any atom is -0.479 e. The van der Waals surface area contributed by atoms with Gasteiger partial charge in [-0.05, 0) is 12.1 Å². The van der Waals surface area contributed by atoms with Crippen molar-refractivity contribution in [3.63, 3.8) is 0 Å². The smallest absolute Gasteiger partial charge is 0.334 e. The van der Waals surface area contributed by atoms with E-state index in [1.54, 1.807) is 0 Å². The highest BCUT2D eigenvalue weighted by Crippen LogP contribution is 2.21. The number of carbonyl (C=O) groups is 2. The van der Waals surface area contributed by atoms with Gasteiger partial charge in [0.25, 0.3) is 0 Å². The third-order valence-electron chi connectivity index (χ3n) is 2.03. The molecule has 1 unspecified atom stereocenters. The lowest BCUT2D eigenvalue weighted by Gasteiger charge is -2.07. The molecule has 8 heteroatoms. The Balaban J connectivity index is 2.40. The van der Waals surface area contributed by atoms with Gasteiger partial charge in [-0.3, -0.25) is 4.79 Å². The Bertz CT molecular complexity index is 484. The van der Waals surface area contributed by atoms with Crippen LogP contribution in [0, 0.1) is 11.6 Å². The van der Waals surface area contributed by atoms with E-state index in [0.29, 0.717) is 6.07 Å². The molecule has 5 nitrogen and oxygen atoms in total. The van der Waals surface area contributed by atoms with E-state index in [1.165, 1.54) is 6.07 Å². The second kappa shape index (κ2) is 7.05. The third kappa shape index (κ3) is 5.23. The van der Waals surface area contributed by atoms with Gasteiger partial charge in [0.15, 0.2) is 6.10 Å². The summed E-state index contributed by atoms with van der Waals surface area (Å²) >= 11 is 0.841. The molecule has 0 aliphatic heterocycles. The molecule has 0 fully saturated rings. The molecule has 0 saturated carbocycles. The number of carbonyl (C=O) groups excluding carboxylic acids is 1. The lowest BCUT2D eigenvalue weighted by Crippen LogP contribution is -2.37. The molecular formula is C11H11F2NO4S. The highest BCUT2D eigenvalue weighted by atomic mass is 32.2. The van der Waals surface area contributed by atoms with Crippen molar-refractivity contribution in [2.75, 3.05) is 12.3 Å². The number of rotatable bonds is 6. The SMILES string of the molecule is O=C(CSc1ccc(F)cc1F)NCC(O)C(=O)O. The molecule has 0 bridgehead atoms. The number of halogens is 2. The summed E-state index contributed by atoms with van der Waals surface area (Å²) in [4.78, 5) is 21.7. The molecule has 19 heavy (non-hydrogen) atoms. The minimum absolute atomic E-state index is 0.107. The van der Waals surface area contributed by atoms with Crippen molar-refractivity contribution < 1.29 is 28.6 Å². The molecule has 1 amide bonds. The lowest BCUT2D eigenvalue weighted by atomic mass is 10.3. The third-order valence-corrected chi connectivity index (χ3v) is 3.08. The second-order valence-corrected chi connectivity index (χ2v) is 4.54. The van der Waals surface area contributed by atoms with Gasteiger partial charge in [0, 0.05) is 11.0 Å². The van der Waals surface area contributed by atoms with E-state index < -0.39 is 36.2 Å². The number of hydrogen-bond donors (Lipinski definition) is 3. The summed E-state index contributed by atoms with van der Waals surface area (Å²) in [5.74, 6) is -3.67. The Morgan fingerprint density at radius 3 is 2.63 bits per heavy atom. The maximum absolute atomic E-state index is 13.2. The van der Waals surface area contributed by atoms with Crippen LogP contribution in [-0.4, -0.2) is 40.5 Å². The Morgan fingerprint density at radius 2 is 2.05 bits per heavy atom. The van der Waals surface area contributed by atoms with E-state index in [1.807, 2.05) is 0 Å². The fourth-order valence-electron chi connectivity index (χ4n) is 1.08. The zero-order valence-corrected chi connectivity index (χ0v) is 10.4. The van der Waals surface area contributed by atoms with Crippen LogP contribution in [0.2, 0.25) is 0 Å². The molecule has 1 aromatic rings. The number of aliphatic hydroxyl groups excluding tert-OH is 1. The van der Waals surface area contributed by atoms with Crippen molar-refractivity contribution in [1.82, 2.24) is 5.32 Å². The van der Waals surface area contributed by atoms with Gasteiger partial charge in [0.2, 0.25) is 5.91 Å². The normalized spacial score (nSPS) is 11.9. The summed E-state index contributed by atoms with van der Waals surface area (Å²) in [6, 6.07) is 2.97. The number of carboxylic acid groups (broad SMARTS) is 1. The summed E-state index contributed by atoms with van der Waals surface area (Å²) in [5.41, 5.74) is 0. The minimum atomic E-state index is -1.68. The van der Waals surface area contributed by atoms with Crippen LogP contribution < -0.4 is 5.32 Å². The topological polar surface area (TPSA) is 86.6 Å². The van der Waals surface area contributed by atoms with Crippen LogP contribution >= 0.6 is 11.8 Å². The number of benzene rings is 1. The molecule has 3 N–H and O–H groups in total. The quantitative estimate of drug-likeness (QED) is 0.669. The largest absolute Gasteiger partial charge is 0.479 e. The van der Waals surface area contributed by atoms with Gasteiger partial charge in [0.1, 0.15) is 11.6 Å². The molecule has 0 heterocycles. The molecule has 0 saturated heterocycles. The molecule has 1 aromatic carbocycles. The van der Waals surface area contributed by atoms with Crippen LogP contribution in [0.5, 0.6) is 0 Å². The van der Waals surface area contributed by atoms with Crippen LogP contribution in [0.15, 0.2) is 23.1 Å². The van der Waals surface area contributed by atoms with Crippen LogP contribution in [0.25, 0.3) is 0 Å². The monoisotopic (exact) mass is 291 g/mol. The van der Waals surface area contributed by atoms with Gasteiger partial charge in [-0.15, -0.1) is 11.8 Å². The first kappa shape index (κ1) is 15.4. The Hall–Kier alpha value is -1.67. The van der Waals surface area contributed by atoms with Crippen molar-refractivity contribution in [2.45, 2.75) is 11.0 Å². The summed E-state index contributed by atoms with van der Waals surface area (Å²) in [7, 11) is 0. The zero-order chi connectivity index (χ0) is 14.4. The number of aliphatic carboxylic acids is 1. The van der Waals surface area contributed by atoms with E-state index in [0.717, 1.165) is 17.8 Å². The maximum Gasteiger partial charge on any atom is 0.334 e. The Morgan fingerprint density at radius 1 is 1.37 bits per heavy atom. The van der Waals surface area contributed by atoms with Crippen molar-refractivity contribution in [2.24, 2.45) is 0 Å². The maximum atomic E-state index is 13.2. The van der Waals surface area contributed by atoms with Crippen LogP contribution in [0.1, 0.15) is 0 Å². The van der Waals surface area contributed by atoms with Crippen LogP contribution in [0.3, 0.4) is 0 Å². The second-order valence-electron chi connectivity index (χ2n) is 3.52. The van der Waals surface area contributed by atoms with Crippen molar-refractivity contribution in [1.29, 1.82) is 0 Å². The summed E-state index contributed by atoms with van der Waals surface area (Å²) in [6.07, 6.45) is -1.68. The fourth-order valence-corrected chi connectivity index (χ4v) is 1.83. The molecule has 1 atom stereocenters. The molecule has 0 aliphatic carbocycles. The van der Waals surface area contributed by atoms with Crippen LogP contribution in [-0.2, 0) is 9.59 Å². The number of nitrogens with one attached hydrogen (secondary N) is 1. The summed E-state index contributed by atoms with van der Waals surface area (Å²) < 4.78 is 25.8. The molecule has 0 spiro atoms. The highest BCUT2D eigenvalue weighted by molar-refractivity contribution is 8.00. The van der Waals surface area contributed by atoms with E-state index in [9.17, 15) is 18.4 Å². The number of thioether (sulfide) groups is 1. The van der Waals surface area contributed by atoms with Gasteiger partial charge < -0.3 is 15.5 Å². The molecule has 0 aromatic heterocycles. The van der Waals surface area contributed by atoms with Gasteiger partial charge in [-0.25, -0.2) is 13.6 Å². The molecule has 0 aliphatic rings. The van der Waals surface area contributed by atoms with Gasteiger partial charge in [-0.2, -0.15) is 0 Å². The summed E-state index contributed by atoms with van der Waals surface area (Å²) in [5, 5.41) is 19.5. The first-order chi connectivity index (χ1) is 8.90. The van der Waals surface area contributed by atoms with Crippen molar-refractivity contribution >= 4 is 23.6 Å². The zero-order valence-electron chi connectivity index (χ0n) is 9.60. The first-order valence-corrected chi connectivity index (χ1v) is 6.14. The Kier molecular flexibility index (Phi) is 5.71. The first-order valence-electron chi connectivity index (χ1n) is 5.15. The van der Waals surface area contributed by atoms with E-state index in [4.69, 9.17) is 10.2 Å². The molecule has 104 valence electrons. The van der Waals surface area contributed by atoms with Crippen molar-refractivity contribution in [3.8, 4) is 0 Å². The van der Waals surface area contributed by atoms with Crippen molar-refractivity contribution in [3.05, 3.63) is 29.8 Å². The highest BCUT2D eigenvalue weighted by Gasteiger charge is 2.14. The number of carboxylic acids is 1. The fraction of sp³-hybridized carbons (Fsp3) is 0.273. The average molecular weight is 291 g/mol. The summed E-state index contributed by atoms with van der Waals surface area (Å²) in [6.45, 7) is -0.430. The van der Waals surface area contributed by atoms with E-state index in [2.05, 4.69) is 5.32 Å². The number of aliphatic hydroxyl groups is 1. The molecule has 1 rings (SSSR count). The van der Waals surface area contributed by atoms with Gasteiger partial charge in [-0.1, -0.05) is 0 Å². The lowest BCUT2D eigenvalue weighted by molar-refractivity contribution is -0.146. The molecule has 0 radical (unpaired) electrons.